The number of anilines is 1. The third kappa shape index (κ3) is 5.81. The number of carbonyl (C=O) groups is 3. The largest absolute Gasteiger partial charge is 0.495 e. The third-order valence-corrected chi connectivity index (χ3v) is 4.95. The lowest BCUT2D eigenvalue weighted by atomic mass is 10.1. The Balaban J connectivity index is 1.77. The number of Topliss-reactive ketones (excluding diaryl/α,β-unsaturated/α-hetero) is 2. The summed E-state index contributed by atoms with van der Waals surface area (Å²) in [5.74, 6) is 0.220. The molecule has 1 aromatic heterocycles. The van der Waals surface area contributed by atoms with Crippen LogP contribution in [0.15, 0.2) is 30.3 Å². The lowest BCUT2D eigenvalue weighted by Crippen LogP contribution is -2.14. The molecule has 0 spiro atoms. The molecule has 1 N–H and O–H groups in total. The number of amides is 1. The van der Waals surface area contributed by atoms with E-state index in [-0.39, 0.29) is 43.2 Å². The van der Waals surface area contributed by atoms with Gasteiger partial charge in [0.2, 0.25) is 5.91 Å². The zero-order chi connectivity index (χ0) is 19.1. The molecule has 0 bridgehead atoms. The standard InChI is InChI=1S/C20H23NO4S/c1-13-4-9-18(25-3)16(12-13)21-20(24)11-7-15(22)6-8-17(23)19-10-5-14(2)26-19/h4-5,9-10,12H,6-8,11H2,1-3H3,(H,21,24). The predicted octanol–water partition coefficient (Wildman–Crippen LogP) is 4.32. The van der Waals surface area contributed by atoms with Crippen LogP contribution < -0.4 is 10.1 Å². The molecule has 6 heteroatoms. The molecule has 138 valence electrons. The van der Waals surface area contributed by atoms with Crippen LogP contribution in [-0.2, 0) is 9.59 Å². The smallest absolute Gasteiger partial charge is 0.224 e. The molecule has 0 aliphatic heterocycles. The number of thiophene rings is 1. The Kier molecular flexibility index (Phi) is 7.09. The van der Waals surface area contributed by atoms with Crippen LogP contribution in [0.1, 0.15) is 45.8 Å². The van der Waals surface area contributed by atoms with Gasteiger partial charge in [-0.1, -0.05) is 6.07 Å². The lowest BCUT2D eigenvalue weighted by molar-refractivity contribution is -0.122. The van der Waals surface area contributed by atoms with E-state index in [1.165, 1.54) is 18.4 Å². The zero-order valence-electron chi connectivity index (χ0n) is 15.3. The van der Waals surface area contributed by atoms with E-state index in [9.17, 15) is 14.4 Å². The van der Waals surface area contributed by atoms with Gasteiger partial charge >= 0.3 is 0 Å². The Bertz CT molecular complexity index is 810. The van der Waals surface area contributed by atoms with E-state index in [1.54, 1.807) is 12.1 Å². The number of aryl methyl sites for hydroxylation is 2. The van der Waals surface area contributed by atoms with Crippen LogP contribution >= 0.6 is 11.3 Å². The molecule has 0 saturated heterocycles. The fourth-order valence-electron chi connectivity index (χ4n) is 2.47. The first kappa shape index (κ1) is 19.8. The van der Waals surface area contributed by atoms with Crippen molar-refractivity contribution in [2.24, 2.45) is 0 Å². The summed E-state index contributed by atoms with van der Waals surface area (Å²) in [6.45, 7) is 3.86. The van der Waals surface area contributed by atoms with Crippen molar-refractivity contribution in [2.75, 3.05) is 12.4 Å². The number of benzene rings is 1. The minimum atomic E-state index is -0.248. The molecule has 26 heavy (non-hydrogen) atoms. The summed E-state index contributed by atoms with van der Waals surface area (Å²) in [5, 5.41) is 2.77. The van der Waals surface area contributed by atoms with Crippen molar-refractivity contribution in [3.8, 4) is 5.75 Å². The van der Waals surface area contributed by atoms with Crippen molar-refractivity contribution < 1.29 is 19.1 Å². The molecule has 1 amide bonds. The second kappa shape index (κ2) is 9.29. The maximum Gasteiger partial charge on any atom is 0.224 e. The maximum absolute atomic E-state index is 12.1. The highest BCUT2D eigenvalue weighted by Crippen LogP contribution is 2.25. The van der Waals surface area contributed by atoms with Crippen molar-refractivity contribution in [1.82, 2.24) is 0 Å². The molecule has 0 aliphatic carbocycles. The van der Waals surface area contributed by atoms with Crippen LogP contribution in [0.5, 0.6) is 5.75 Å². The van der Waals surface area contributed by atoms with E-state index in [0.29, 0.717) is 16.3 Å². The molecule has 2 aromatic rings. The summed E-state index contributed by atoms with van der Waals surface area (Å²) in [5.41, 5.74) is 1.59. The molecule has 1 aromatic carbocycles. The fourth-order valence-corrected chi connectivity index (χ4v) is 3.31. The number of methoxy groups -OCH3 is 1. The molecule has 0 aliphatic rings. The molecule has 2 rings (SSSR count). The summed E-state index contributed by atoms with van der Waals surface area (Å²) in [6.07, 6.45) is 0.557. The van der Waals surface area contributed by atoms with Crippen LogP contribution in [0.3, 0.4) is 0 Å². The molecular weight excluding hydrogens is 350 g/mol. The van der Waals surface area contributed by atoms with Crippen molar-refractivity contribution in [3.05, 3.63) is 45.6 Å². The highest BCUT2D eigenvalue weighted by Gasteiger charge is 2.13. The number of ketones is 2. The van der Waals surface area contributed by atoms with Crippen LogP contribution in [0.2, 0.25) is 0 Å². The SMILES string of the molecule is COc1ccc(C)cc1NC(=O)CCC(=O)CCC(=O)c1ccc(C)s1. The Morgan fingerprint density at radius 3 is 2.38 bits per heavy atom. The minimum absolute atomic E-state index is 0.0228. The van der Waals surface area contributed by atoms with Gasteiger partial charge in [0.25, 0.3) is 0 Å². The molecule has 0 unspecified atom stereocenters. The Hall–Kier alpha value is -2.47. The number of ether oxygens (including phenoxy) is 1. The van der Waals surface area contributed by atoms with Crippen LogP contribution in [0.25, 0.3) is 0 Å². The lowest BCUT2D eigenvalue weighted by Gasteiger charge is -2.10. The van der Waals surface area contributed by atoms with E-state index in [1.807, 2.05) is 32.0 Å². The average Bonchev–Trinajstić information content (AvgIpc) is 3.04. The second-order valence-corrected chi connectivity index (χ2v) is 7.41. The fraction of sp³-hybridized carbons (Fsp3) is 0.350. The van der Waals surface area contributed by atoms with E-state index in [2.05, 4.69) is 5.32 Å². The first-order valence-corrected chi connectivity index (χ1v) is 9.26. The van der Waals surface area contributed by atoms with Crippen LogP contribution in [-0.4, -0.2) is 24.6 Å². The quantitative estimate of drug-likeness (QED) is 0.664. The van der Waals surface area contributed by atoms with Gasteiger partial charge in [0.15, 0.2) is 5.78 Å². The Labute approximate surface area is 157 Å². The average molecular weight is 373 g/mol. The van der Waals surface area contributed by atoms with Gasteiger partial charge < -0.3 is 10.1 Å². The van der Waals surface area contributed by atoms with Gasteiger partial charge in [-0.25, -0.2) is 0 Å². The summed E-state index contributed by atoms with van der Waals surface area (Å²) in [4.78, 5) is 37.8. The minimum Gasteiger partial charge on any atom is -0.495 e. The van der Waals surface area contributed by atoms with Gasteiger partial charge in [-0.15, -0.1) is 11.3 Å². The van der Waals surface area contributed by atoms with Crippen LogP contribution in [0.4, 0.5) is 5.69 Å². The van der Waals surface area contributed by atoms with Gasteiger partial charge in [-0.05, 0) is 43.7 Å². The molecular formula is C20H23NO4S. The van der Waals surface area contributed by atoms with Gasteiger partial charge in [0.1, 0.15) is 11.5 Å². The summed E-state index contributed by atoms with van der Waals surface area (Å²) in [7, 11) is 1.54. The first-order chi connectivity index (χ1) is 12.4. The number of nitrogens with one attached hydrogen (secondary N) is 1. The number of hydrogen-bond donors (Lipinski definition) is 1. The number of carbonyl (C=O) groups excluding carboxylic acids is 3. The topological polar surface area (TPSA) is 72.5 Å². The summed E-state index contributed by atoms with van der Waals surface area (Å²) in [6, 6.07) is 9.18. The van der Waals surface area contributed by atoms with E-state index in [0.717, 1.165) is 10.4 Å². The Morgan fingerprint density at radius 1 is 1.00 bits per heavy atom. The van der Waals surface area contributed by atoms with Crippen molar-refractivity contribution in [1.29, 1.82) is 0 Å². The molecule has 1 heterocycles. The molecule has 0 saturated carbocycles. The van der Waals surface area contributed by atoms with E-state index in [4.69, 9.17) is 4.74 Å². The maximum atomic E-state index is 12.1. The highest BCUT2D eigenvalue weighted by molar-refractivity contribution is 7.14. The van der Waals surface area contributed by atoms with E-state index >= 15 is 0 Å². The van der Waals surface area contributed by atoms with E-state index < -0.39 is 0 Å². The number of hydrogen-bond acceptors (Lipinski definition) is 5. The molecule has 5 nitrogen and oxygen atoms in total. The summed E-state index contributed by atoms with van der Waals surface area (Å²) >= 11 is 1.43. The molecule has 0 atom stereocenters. The van der Waals surface area contributed by atoms with Gasteiger partial charge in [0.05, 0.1) is 17.7 Å². The van der Waals surface area contributed by atoms with Crippen molar-refractivity contribution in [2.45, 2.75) is 39.5 Å². The normalized spacial score (nSPS) is 10.4. The zero-order valence-corrected chi connectivity index (χ0v) is 16.1. The monoisotopic (exact) mass is 373 g/mol. The van der Waals surface area contributed by atoms with Gasteiger partial charge in [-0.3, -0.25) is 14.4 Å². The number of rotatable bonds is 9. The van der Waals surface area contributed by atoms with Crippen molar-refractivity contribution >= 4 is 34.5 Å². The molecule has 0 fully saturated rings. The second-order valence-electron chi connectivity index (χ2n) is 6.12. The Morgan fingerprint density at radius 2 is 1.73 bits per heavy atom. The van der Waals surface area contributed by atoms with Gasteiger partial charge in [0, 0.05) is 30.6 Å². The predicted molar refractivity (Wildman–Crippen MR) is 103 cm³/mol. The first-order valence-electron chi connectivity index (χ1n) is 8.45. The van der Waals surface area contributed by atoms with Gasteiger partial charge in [-0.2, -0.15) is 0 Å². The highest BCUT2D eigenvalue weighted by atomic mass is 32.1. The summed E-state index contributed by atoms with van der Waals surface area (Å²) < 4.78 is 5.22. The molecule has 0 radical (unpaired) electrons. The van der Waals surface area contributed by atoms with Crippen molar-refractivity contribution in [3.63, 3.8) is 0 Å². The third-order valence-electron chi connectivity index (χ3n) is 3.91. The van der Waals surface area contributed by atoms with Crippen LogP contribution in [0, 0.1) is 13.8 Å².